The van der Waals surface area contributed by atoms with E-state index >= 15 is 0 Å². The lowest BCUT2D eigenvalue weighted by Gasteiger charge is -2.19. The minimum Gasteiger partial charge on any atom is -0.507 e. The van der Waals surface area contributed by atoms with Gasteiger partial charge in [-0.05, 0) is 43.4 Å². The van der Waals surface area contributed by atoms with Crippen LogP contribution in [0, 0.1) is 12.8 Å². The summed E-state index contributed by atoms with van der Waals surface area (Å²) in [6.07, 6.45) is 4.96. The molecule has 7 heteroatoms. The Bertz CT molecular complexity index is 891. The van der Waals surface area contributed by atoms with E-state index in [2.05, 4.69) is 12.2 Å². The highest BCUT2D eigenvalue weighted by atomic mass is 35.5. The van der Waals surface area contributed by atoms with E-state index in [0.717, 1.165) is 36.6 Å². The van der Waals surface area contributed by atoms with Gasteiger partial charge in [0.15, 0.2) is 0 Å². The molecule has 2 aromatic rings. The molecule has 1 aromatic carbocycles. The second-order valence-corrected chi connectivity index (χ2v) is 7.68. The Morgan fingerprint density at radius 2 is 1.86 bits per heavy atom. The first-order valence-corrected chi connectivity index (χ1v) is 10.0. The molecule has 0 bridgehead atoms. The van der Waals surface area contributed by atoms with Crippen molar-refractivity contribution in [2.24, 2.45) is 5.92 Å². The van der Waals surface area contributed by atoms with Crippen LogP contribution in [0.5, 0.6) is 5.75 Å². The number of unbranched alkanes of at least 4 members (excludes halogenated alkanes) is 3. The molecular formula is C22H32ClNO5. The molecule has 0 spiro atoms. The number of hydrogen-bond donors (Lipinski definition) is 3. The van der Waals surface area contributed by atoms with Crippen LogP contribution < -0.4 is 10.9 Å². The van der Waals surface area contributed by atoms with Crippen LogP contribution in [-0.2, 0) is 17.8 Å². The number of hydrogen-bond acceptors (Lipinski definition) is 5. The summed E-state index contributed by atoms with van der Waals surface area (Å²) in [4.78, 5) is 24.0. The van der Waals surface area contributed by atoms with Gasteiger partial charge in [-0.3, -0.25) is 10.1 Å². The highest BCUT2D eigenvalue weighted by molar-refractivity contribution is 5.86. The largest absolute Gasteiger partial charge is 0.507 e. The predicted molar refractivity (Wildman–Crippen MR) is 117 cm³/mol. The zero-order chi connectivity index (χ0) is 20.8. The third kappa shape index (κ3) is 5.97. The molecule has 1 aromatic heterocycles. The Kier molecular flexibility index (Phi) is 9.66. The van der Waals surface area contributed by atoms with E-state index in [0.29, 0.717) is 23.1 Å². The number of phenolic OH excluding ortho intramolecular Hbond substituents is 1. The number of rotatable bonds is 10. The van der Waals surface area contributed by atoms with Crippen molar-refractivity contribution in [2.45, 2.75) is 72.4 Å². The van der Waals surface area contributed by atoms with Gasteiger partial charge in [0.2, 0.25) is 0 Å². The van der Waals surface area contributed by atoms with Gasteiger partial charge in [0.05, 0.1) is 5.56 Å². The number of halogens is 1. The average molecular weight is 426 g/mol. The summed E-state index contributed by atoms with van der Waals surface area (Å²) in [7, 11) is 0. The fourth-order valence-corrected chi connectivity index (χ4v) is 3.51. The fraction of sp³-hybridized carbons (Fsp3) is 0.545. The Labute approximate surface area is 177 Å². The van der Waals surface area contributed by atoms with Crippen LogP contribution in [0.25, 0.3) is 11.0 Å². The topological polar surface area (TPSA) is 99.8 Å². The molecule has 0 aliphatic carbocycles. The summed E-state index contributed by atoms with van der Waals surface area (Å²) in [5, 5.41) is 23.4. The highest BCUT2D eigenvalue weighted by Gasteiger charge is 2.23. The normalized spacial score (nSPS) is 12.2. The van der Waals surface area contributed by atoms with Crippen molar-refractivity contribution in [1.29, 1.82) is 0 Å². The third-order valence-electron chi connectivity index (χ3n) is 5.25. The smallest absolute Gasteiger partial charge is 0.339 e. The van der Waals surface area contributed by atoms with Gasteiger partial charge in [-0.1, -0.05) is 40.0 Å². The maximum Gasteiger partial charge on any atom is 0.339 e. The van der Waals surface area contributed by atoms with Gasteiger partial charge in [0.1, 0.15) is 17.4 Å². The van der Waals surface area contributed by atoms with E-state index in [1.54, 1.807) is 12.1 Å². The van der Waals surface area contributed by atoms with E-state index in [1.807, 2.05) is 20.8 Å². The van der Waals surface area contributed by atoms with Crippen LogP contribution in [0.15, 0.2) is 21.3 Å². The standard InChI is InChI=1S/C22H31NO5.ClH/c1-5-6-7-8-9-16-14(4)15-10-11-18(24)17(20(15)28-22(16)27)12-23-19(13(2)3)21(25)26;/h10-11,13,19,23-24H,5-9,12H2,1-4H3,(H,25,26);1H. The summed E-state index contributed by atoms with van der Waals surface area (Å²) in [6, 6.07) is 2.55. The number of carbonyl (C=O) groups is 1. The summed E-state index contributed by atoms with van der Waals surface area (Å²) in [5.74, 6) is -1.11. The van der Waals surface area contributed by atoms with Gasteiger partial charge >= 0.3 is 11.6 Å². The Morgan fingerprint density at radius 1 is 1.17 bits per heavy atom. The summed E-state index contributed by atoms with van der Waals surface area (Å²) >= 11 is 0. The lowest BCUT2D eigenvalue weighted by Crippen LogP contribution is -2.40. The molecule has 1 unspecified atom stereocenters. The Morgan fingerprint density at radius 3 is 2.45 bits per heavy atom. The monoisotopic (exact) mass is 425 g/mol. The maximum absolute atomic E-state index is 12.6. The highest BCUT2D eigenvalue weighted by Crippen LogP contribution is 2.30. The summed E-state index contributed by atoms with van der Waals surface area (Å²) in [6.45, 7) is 7.76. The minimum absolute atomic E-state index is 0. The van der Waals surface area contributed by atoms with Crippen molar-refractivity contribution in [3.63, 3.8) is 0 Å². The zero-order valence-electron chi connectivity index (χ0n) is 17.6. The van der Waals surface area contributed by atoms with Crippen LogP contribution in [0.1, 0.15) is 63.1 Å². The van der Waals surface area contributed by atoms with Gasteiger partial charge in [0.25, 0.3) is 0 Å². The predicted octanol–water partition coefficient (Wildman–Crippen LogP) is 4.55. The first-order chi connectivity index (χ1) is 13.3. The zero-order valence-corrected chi connectivity index (χ0v) is 18.4. The number of carboxylic acid groups (broad SMARTS) is 1. The van der Waals surface area contributed by atoms with Crippen molar-refractivity contribution in [3.8, 4) is 5.75 Å². The Hall–Kier alpha value is -2.05. The van der Waals surface area contributed by atoms with Crippen molar-refractivity contribution in [3.05, 3.63) is 39.2 Å². The molecule has 0 saturated heterocycles. The number of aromatic hydroxyl groups is 1. The number of carboxylic acids is 1. The summed E-state index contributed by atoms with van der Waals surface area (Å²) in [5.41, 5.74) is 1.88. The van der Waals surface area contributed by atoms with Crippen LogP contribution in [0.3, 0.4) is 0 Å². The molecule has 1 heterocycles. The van der Waals surface area contributed by atoms with E-state index in [-0.39, 0.29) is 36.2 Å². The van der Waals surface area contributed by atoms with Crippen LogP contribution in [-0.4, -0.2) is 22.2 Å². The number of nitrogens with one attached hydrogen (secondary N) is 1. The SMILES string of the molecule is CCCCCCc1c(C)c2ccc(O)c(CNC(C(=O)O)C(C)C)c2oc1=O.Cl. The molecule has 1 atom stereocenters. The second kappa shape index (κ2) is 11.2. The van der Waals surface area contributed by atoms with Gasteiger partial charge in [-0.25, -0.2) is 4.79 Å². The summed E-state index contributed by atoms with van der Waals surface area (Å²) < 4.78 is 5.59. The van der Waals surface area contributed by atoms with Crippen LogP contribution in [0.2, 0.25) is 0 Å². The molecule has 162 valence electrons. The molecule has 29 heavy (non-hydrogen) atoms. The van der Waals surface area contributed by atoms with Crippen molar-refractivity contribution >= 4 is 29.3 Å². The molecular weight excluding hydrogens is 394 g/mol. The maximum atomic E-state index is 12.6. The average Bonchev–Trinajstić information content (AvgIpc) is 2.62. The van der Waals surface area contributed by atoms with Gasteiger partial charge in [-0.2, -0.15) is 0 Å². The van der Waals surface area contributed by atoms with Crippen molar-refractivity contribution in [2.75, 3.05) is 0 Å². The first kappa shape index (κ1) is 25.0. The number of benzene rings is 1. The lowest BCUT2D eigenvalue weighted by atomic mass is 9.98. The molecule has 0 amide bonds. The number of fused-ring (bicyclic) bond motifs is 1. The third-order valence-corrected chi connectivity index (χ3v) is 5.25. The molecule has 0 radical (unpaired) electrons. The quantitative estimate of drug-likeness (QED) is 0.381. The first-order valence-electron chi connectivity index (χ1n) is 10.0. The van der Waals surface area contributed by atoms with Crippen molar-refractivity contribution in [1.82, 2.24) is 5.32 Å². The van der Waals surface area contributed by atoms with Crippen molar-refractivity contribution < 1.29 is 19.4 Å². The second-order valence-electron chi connectivity index (χ2n) is 7.68. The van der Waals surface area contributed by atoms with E-state index < -0.39 is 12.0 Å². The molecule has 0 aliphatic rings. The number of aryl methyl sites for hydroxylation is 1. The molecule has 0 aliphatic heterocycles. The van der Waals surface area contributed by atoms with E-state index in [1.165, 1.54) is 0 Å². The van der Waals surface area contributed by atoms with Gasteiger partial charge in [-0.15, -0.1) is 12.4 Å². The van der Waals surface area contributed by atoms with Crippen LogP contribution in [0.4, 0.5) is 0 Å². The molecule has 3 N–H and O–H groups in total. The molecule has 0 saturated carbocycles. The Balaban J connectivity index is 0.00000420. The number of phenols is 1. The van der Waals surface area contributed by atoms with Gasteiger partial charge < -0.3 is 14.6 Å². The lowest BCUT2D eigenvalue weighted by molar-refractivity contribution is -0.140. The number of aliphatic carboxylic acids is 1. The van der Waals surface area contributed by atoms with Gasteiger partial charge in [0, 0.05) is 17.5 Å². The minimum atomic E-state index is -0.957. The molecule has 0 fully saturated rings. The molecule has 6 nitrogen and oxygen atoms in total. The van der Waals surface area contributed by atoms with E-state index in [4.69, 9.17) is 4.42 Å². The van der Waals surface area contributed by atoms with E-state index in [9.17, 15) is 19.8 Å². The fourth-order valence-electron chi connectivity index (χ4n) is 3.51. The van der Waals surface area contributed by atoms with Crippen LogP contribution >= 0.6 is 12.4 Å². The molecule has 2 rings (SSSR count).